The lowest BCUT2D eigenvalue weighted by Gasteiger charge is -2.25. The van der Waals surface area contributed by atoms with Crippen LogP contribution in [0.1, 0.15) is 30.9 Å². The van der Waals surface area contributed by atoms with Gasteiger partial charge in [-0.05, 0) is 18.1 Å². The number of halogens is 1. The average Bonchev–Trinajstić information content (AvgIpc) is 2.43. The summed E-state index contributed by atoms with van der Waals surface area (Å²) in [5.74, 6) is -2.00. The number of fused-ring (bicyclic) bond motifs is 1. The molecule has 0 aromatic heterocycles. The van der Waals surface area contributed by atoms with Crippen LogP contribution >= 0.6 is 0 Å². The summed E-state index contributed by atoms with van der Waals surface area (Å²) in [6, 6.07) is 6.42. The summed E-state index contributed by atoms with van der Waals surface area (Å²) >= 11 is 0. The summed E-state index contributed by atoms with van der Waals surface area (Å²) in [5.41, 5.74) is -2.12. The van der Waals surface area contributed by atoms with E-state index >= 15 is 0 Å². The van der Waals surface area contributed by atoms with Crippen molar-refractivity contribution in [2.24, 2.45) is 0 Å². The number of rotatable bonds is 4. The molecule has 3 nitrogen and oxygen atoms in total. The van der Waals surface area contributed by atoms with E-state index in [2.05, 4.69) is 0 Å². The predicted molar refractivity (Wildman–Crippen MR) is 69.1 cm³/mol. The minimum absolute atomic E-state index is 0.0593. The van der Waals surface area contributed by atoms with Crippen LogP contribution in [0.2, 0.25) is 0 Å². The largest absolute Gasteiger partial charge is 0.463 e. The molecule has 19 heavy (non-hydrogen) atoms. The number of alkyl halides is 1. The molecule has 0 saturated carbocycles. The predicted octanol–water partition coefficient (Wildman–Crippen LogP) is 2.79. The van der Waals surface area contributed by atoms with Gasteiger partial charge in [0.25, 0.3) is 5.67 Å². The second-order valence-electron chi connectivity index (χ2n) is 4.43. The fraction of sp³-hybridized carbons (Fsp3) is 0.333. The van der Waals surface area contributed by atoms with E-state index < -0.39 is 17.4 Å². The molecule has 0 heterocycles. The Balaban J connectivity index is 2.33. The molecule has 0 aliphatic heterocycles. The maximum absolute atomic E-state index is 14.9. The van der Waals surface area contributed by atoms with E-state index in [1.54, 1.807) is 18.2 Å². The van der Waals surface area contributed by atoms with Crippen molar-refractivity contribution in [3.63, 3.8) is 0 Å². The van der Waals surface area contributed by atoms with E-state index in [1.165, 1.54) is 12.1 Å². The van der Waals surface area contributed by atoms with Crippen LogP contribution in [0.4, 0.5) is 4.39 Å². The lowest BCUT2D eigenvalue weighted by atomic mass is 9.83. The number of benzene rings is 1. The number of unbranched alkanes of at least 4 members (excludes halogenated alkanes) is 1. The highest BCUT2D eigenvalue weighted by Crippen LogP contribution is 2.36. The number of allylic oxidation sites excluding steroid dienone is 1. The molecular formula is C15H15FO3. The average molecular weight is 262 g/mol. The monoisotopic (exact) mass is 262 g/mol. The van der Waals surface area contributed by atoms with Crippen molar-refractivity contribution in [1.82, 2.24) is 0 Å². The van der Waals surface area contributed by atoms with Gasteiger partial charge in [0.15, 0.2) is 0 Å². The summed E-state index contributed by atoms with van der Waals surface area (Å²) < 4.78 is 19.8. The van der Waals surface area contributed by atoms with Gasteiger partial charge in [-0.1, -0.05) is 43.7 Å². The number of ether oxygens (including phenoxy) is 1. The zero-order chi connectivity index (χ0) is 13.9. The molecule has 2 rings (SSSR count). The molecule has 0 saturated heterocycles. The fourth-order valence-corrected chi connectivity index (χ4v) is 1.99. The molecule has 0 fully saturated rings. The molecule has 4 heteroatoms. The van der Waals surface area contributed by atoms with Crippen molar-refractivity contribution in [3.05, 3.63) is 41.5 Å². The topological polar surface area (TPSA) is 43.4 Å². The molecule has 0 amide bonds. The van der Waals surface area contributed by atoms with E-state index in [1.807, 2.05) is 6.92 Å². The van der Waals surface area contributed by atoms with Gasteiger partial charge >= 0.3 is 5.97 Å². The smallest absolute Gasteiger partial charge is 0.357 e. The number of hydrogen-bond acceptors (Lipinski definition) is 3. The lowest BCUT2D eigenvalue weighted by molar-refractivity contribution is -0.162. The van der Waals surface area contributed by atoms with Gasteiger partial charge < -0.3 is 4.74 Å². The van der Waals surface area contributed by atoms with E-state index in [-0.39, 0.29) is 12.2 Å². The van der Waals surface area contributed by atoms with Gasteiger partial charge in [-0.3, -0.25) is 4.79 Å². The molecule has 100 valence electrons. The van der Waals surface area contributed by atoms with Crippen LogP contribution in [0.15, 0.2) is 30.3 Å². The van der Waals surface area contributed by atoms with E-state index in [9.17, 15) is 14.0 Å². The third-order valence-electron chi connectivity index (χ3n) is 3.10. The Labute approximate surface area is 111 Å². The van der Waals surface area contributed by atoms with Gasteiger partial charge in [0.2, 0.25) is 5.78 Å². The Morgan fingerprint density at radius 3 is 2.79 bits per heavy atom. The van der Waals surface area contributed by atoms with E-state index in [4.69, 9.17) is 4.74 Å². The molecule has 1 aliphatic carbocycles. The third-order valence-corrected chi connectivity index (χ3v) is 3.10. The molecule has 0 N–H and O–H groups in total. The van der Waals surface area contributed by atoms with Crippen molar-refractivity contribution in [2.75, 3.05) is 6.61 Å². The molecule has 1 atom stereocenters. The van der Waals surface area contributed by atoms with Crippen LogP contribution in [0.3, 0.4) is 0 Å². The van der Waals surface area contributed by atoms with Crippen LogP contribution in [0.25, 0.3) is 6.08 Å². The van der Waals surface area contributed by atoms with Gasteiger partial charge in [0, 0.05) is 5.56 Å². The number of esters is 1. The Kier molecular flexibility index (Phi) is 3.79. The second kappa shape index (κ2) is 5.34. The maximum Gasteiger partial charge on any atom is 0.357 e. The molecule has 1 aromatic carbocycles. The zero-order valence-electron chi connectivity index (χ0n) is 10.7. The number of ketones is 1. The number of carbonyl (C=O) groups excluding carboxylic acids is 2. The standard InChI is InChI=1S/C15H15FO3/c1-2-3-10-19-14(18)15(16)12-7-5-4-6-11(12)8-9-13(15)17/h4-9H,2-3,10H2,1H3. The Morgan fingerprint density at radius 2 is 2.05 bits per heavy atom. The van der Waals surface area contributed by atoms with E-state index in [0.717, 1.165) is 12.5 Å². The number of hydrogen-bond donors (Lipinski definition) is 0. The lowest BCUT2D eigenvalue weighted by Crippen LogP contribution is -2.42. The Hall–Kier alpha value is -1.97. The van der Waals surface area contributed by atoms with E-state index in [0.29, 0.717) is 12.0 Å². The molecule has 0 radical (unpaired) electrons. The van der Waals surface area contributed by atoms with Crippen molar-refractivity contribution in [2.45, 2.75) is 25.4 Å². The summed E-state index contributed by atoms with van der Waals surface area (Å²) in [7, 11) is 0. The van der Waals surface area contributed by atoms with Crippen molar-refractivity contribution in [1.29, 1.82) is 0 Å². The summed E-state index contributed by atoms with van der Waals surface area (Å²) in [5, 5.41) is 0. The fourth-order valence-electron chi connectivity index (χ4n) is 1.99. The first-order chi connectivity index (χ1) is 9.10. The van der Waals surface area contributed by atoms with Crippen molar-refractivity contribution < 1.29 is 18.7 Å². The molecule has 0 bridgehead atoms. The molecular weight excluding hydrogens is 247 g/mol. The summed E-state index contributed by atoms with van der Waals surface area (Å²) in [6.07, 6.45) is 4.07. The normalized spacial score (nSPS) is 21.1. The van der Waals surface area contributed by atoms with Crippen LogP contribution < -0.4 is 0 Å². The highest BCUT2D eigenvalue weighted by Gasteiger charge is 2.51. The highest BCUT2D eigenvalue weighted by molar-refractivity contribution is 6.16. The molecule has 1 aromatic rings. The van der Waals surface area contributed by atoms with Crippen LogP contribution in [0, 0.1) is 0 Å². The second-order valence-corrected chi connectivity index (χ2v) is 4.43. The van der Waals surface area contributed by atoms with Crippen LogP contribution in [-0.4, -0.2) is 18.4 Å². The first-order valence-corrected chi connectivity index (χ1v) is 6.29. The minimum atomic E-state index is -2.71. The highest BCUT2D eigenvalue weighted by atomic mass is 19.1. The zero-order valence-corrected chi connectivity index (χ0v) is 10.7. The summed E-state index contributed by atoms with van der Waals surface area (Å²) in [6.45, 7) is 2.06. The number of carbonyl (C=O) groups is 2. The molecule has 1 unspecified atom stereocenters. The molecule has 1 aliphatic rings. The third kappa shape index (κ3) is 2.30. The van der Waals surface area contributed by atoms with Crippen molar-refractivity contribution >= 4 is 17.8 Å². The SMILES string of the molecule is CCCCOC(=O)C1(F)C(=O)C=Cc2ccccc21. The van der Waals surface area contributed by atoms with Gasteiger partial charge in [-0.2, -0.15) is 0 Å². The maximum atomic E-state index is 14.9. The van der Waals surface area contributed by atoms with Gasteiger partial charge in [0.1, 0.15) is 0 Å². The van der Waals surface area contributed by atoms with Gasteiger partial charge in [0.05, 0.1) is 6.61 Å². The van der Waals surface area contributed by atoms with Crippen LogP contribution in [0.5, 0.6) is 0 Å². The first-order valence-electron chi connectivity index (χ1n) is 6.29. The quantitative estimate of drug-likeness (QED) is 0.476. The Bertz CT molecular complexity index is 536. The van der Waals surface area contributed by atoms with Crippen molar-refractivity contribution in [3.8, 4) is 0 Å². The Morgan fingerprint density at radius 1 is 1.32 bits per heavy atom. The molecule has 0 spiro atoms. The summed E-state index contributed by atoms with van der Waals surface area (Å²) in [4.78, 5) is 23.7. The first kappa shape index (κ1) is 13.5. The van der Waals surface area contributed by atoms with Crippen LogP contribution in [-0.2, 0) is 20.0 Å². The van der Waals surface area contributed by atoms with Gasteiger partial charge in [-0.15, -0.1) is 0 Å². The minimum Gasteiger partial charge on any atom is -0.463 e. The van der Waals surface area contributed by atoms with Gasteiger partial charge in [-0.25, -0.2) is 9.18 Å².